The Hall–Kier alpha value is -2.75. The van der Waals surface area contributed by atoms with E-state index in [1.165, 1.54) is 19.1 Å². The summed E-state index contributed by atoms with van der Waals surface area (Å²) in [6.07, 6.45) is 1.72. The van der Waals surface area contributed by atoms with E-state index >= 15 is 0 Å². The van der Waals surface area contributed by atoms with Gasteiger partial charge in [-0.1, -0.05) is 35.6 Å². The Balaban J connectivity index is 1.68. The van der Waals surface area contributed by atoms with Crippen molar-refractivity contribution in [1.82, 2.24) is 4.90 Å². The summed E-state index contributed by atoms with van der Waals surface area (Å²) >= 11 is 12.3. The topological polar surface area (TPSA) is 88.1 Å². The van der Waals surface area contributed by atoms with Gasteiger partial charge in [0, 0.05) is 23.7 Å². The van der Waals surface area contributed by atoms with Gasteiger partial charge in [0.2, 0.25) is 11.7 Å². The number of rotatable bonds is 7. The number of thiocarbonyl (C=S) groups is 1. The number of carbonyl (C=O) groups is 2. The lowest BCUT2D eigenvalue weighted by molar-refractivity contribution is -0.122. The fraction of sp³-hybridized carbons (Fsp3) is 0.190. The smallest absolute Gasteiger partial charge is 0.266 e. The first-order valence-electron chi connectivity index (χ1n) is 9.08. The van der Waals surface area contributed by atoms with Crippen LogP contribution in [0, 0.1) is 0 Å². The molecular weight excluding hydrogens is 460 g/mol. The van der Waals surface area contributed by atoms with E-state index in [4.69, 9.17) is 33.3 Å². The molecule has 0 atom stereocenters. The van der Waals surface area contributed by atoms with E-state index in [-0.39, 0.29) is 42.0 Å². The molecule has 0 aliphatic carbocycles. The van der Waals surface area contributed by atoms with Crippen LogP contribution in [0.15, 0.2) is 41.3 Å². The molecule has 2 aromatic rings. The minimum atomic E-state index is -0.291. The standard InChI is InChI=1S/C21H19ClN2O5S2/c1-28-15-9-12(10-16(29-2)19(15)26)11-17-20(27)24(21(30)31-17)8-7-18(25)23-14-5-3-13(22)4-6-14/h3-6,9-11,26H,7-8H2,1-2H3,(H,23,25)/b17-11-. The minimum absolute atomic E-state index is 0.0865. The highest BCUT2D eigenvalue weighted by Crippen LogP contribution is 2.39. The van der Waals surface area contributed by atoms with Crippen LogP contribution in [0.5, 0.6) is 17.2 Å². The van der Waals surface area contributed by atoms with Crippen LogP contribution in [0.2, 0.25) is 5.02 Å². The highest BCUT2D eigenvalue weighted by Gasteiger charge is 2.32. The zero-order valence-electron chi connectivity index (χ0n) is 16.7. The van der Waals surface area contributed by atoms with Crippen LogP contribution in [-0.2, 0) is 9.59 Å². The Morgan fingerprint density at radius 2 is 1.84 bits per heavy atom. The predicted octanol–water partition coefficient (Wildman–Crippen LogP) is 4.29. The molecular formula is C21H19ClN2O5S2. The van der Waals surface area contributed by atoms with Gasteiger partial charge in [-0.15, -0.1) is 0 Å². The summed E-state index contributed by atoms with van der Waals surface area (Å²) in [5.74, 6) is -0.213. The summed E-state index contributed by atoms with van der Waals surface area (Å²) in [5, 5.41) is 13.4. The number of phenols is 1. The van der Waals surface area contributed by atoms with Crippen molar-refractivity contribution in [2.24, 2.45) is 0 Å². The van der Waals surface area contributed by atoms with Gasteiger partial charge < -0.3 is 19.9 Å². The Labute approximate surface area is 194 Å². The van der Waals surface area contributed by atoms with E-state index < -0.39 is 0 Å². The summed E-state index contributed by atoms with van der Waals surface area (Å²) in [7, 11) is 2.85. The van der Waals surface area contributed by atoms with Gasteiger partial charge in [-0.3, -0.25) is 14.5 Å². The van der Waals surface area contributed by atoms with Crippen molar-refractivity contribution in [2.75, 3.05) is 26.1 Å². The number of ether oxygens (including phenoxy) is 2. The number of hydrogen-bond acceptors (Lipinski definition) is 7. The number of phenolic OH excluding ortho intramolecular Hbond substituents is 1. The second-order valence-electron chi connectivity index (χ2n) is 6.41. The molecule has 7 nitrogen and oxygen atoms in total. The molecule has 2 N–H and O–H groups in total. The first-order chi connectivity index (χ1) is 14.8. The molecule has 2 amide bonds. The summed E-state index contributed by atoms with van der Waals surface area (Å²) < 4.78 is 10.7. The number of halogens is 1. The zero-order chi connectivity index (χ0) is 22.5. The predicted molar refractivity (Wildman–Crippen MR) is 126 cm³/mol. The lowest BCUT2D eigenvalue weighted by Crippen LogP contribution is -2.31. The van der Waals surface area contributed by atoms with Crippen molar-refractivity contribution >= 4 is 63.5 Å². The molecule has 1 saturated heterocycles. The van der Waals surface area contributed by atoms with Gasteiger partial charge in [0.1, 0.15) is 4.32 Å². The average Bonchev–Trinajstić information content (AvgIpc) is 3.01. The molecule has 0 bridgehead atoms. The van der Waals surface area contributed by atoms with Gasteiger partial charge in [-0.05, 0) is 48.0 Å². The lowest BCUT2D eigenvalue weighted by Gasteiger charge is -2.14. The van der Waals surface area contributed by atoms with E-state index in [0.717, 1.165) is 11.8 Å². The number of anilines is 1. The maximum absolute atomic E-state index is 12.8. The number of thioether (sulfide) groups is 1. The van der Waals surface area contributed by atoms with Crippen LogP contribution < -0.4 is 14.8 Å². The molecule has 10 heteroatoms. The molecule has 2 aromatic carbocycles. The molecule has 1 aliphatic heterocycles. The zero-order valence-corrected chi connectivity index (χ0v) is 19.1. The quantitative estimate of drug-likeness (QED) is 0.453. The molecule has 0 aromatic heterocycles. The van der Waals surface area contributed by atoms with Crippen LogP contribution >= 0.6 is 35.6 Å². The van der Waals surface area contributed by atoms with Crippen LogP contribution in [0.3, 0.4) is 0 Å². The van der Waals surface area contributed by atoms with Crippen LogP contribution in [-0.4, -0.2) is 46.9 Å². The maximum atomic E-state index is 12.8. The van der Waals surface area contributed by atoms with Crippen LogP contribution in [0.25, 0.3) is 6.08 Å². The number of hydrogen-bond donors (Lipinski definition) is 2. The molecule has 0 radical (unpaired) electrons. The van der Waals surface area contributed by atoms with Crippen molar-refractivity contribution in [3.05, 3.63) is 51.9 Å². The number of nitrogens with one attached hydrogen (secondary N) is 1. The summed E-state index contributed by atoms with van der Waals surface area (Å²) in [6, 6.07) is 9.92. The first kappa shape index (κ1) is 22.9. The molecule has 0 unspecified atom stereocenters. The summed E-state index contributed by atoms with van der Waals surface area (Å²) in [4.78, 5) is 26.8. The SMILES string of the molecule is COc1cc(/C=C2\SC(=S)N(CCC(=O)Nc3ccc(Cl)cc3)C2=O)cc(OC)c1O. The number of carbonyl (C=O) groups excluding carboxylic acids is 2. The number of nitrogens with zero attached hydrogens (tertiary/aromatic N) is 1. The van der Waals surface area contributed by atoms with Crippen LogP contribution in [0.4, 0.5) is 5.69 Å². The molecule has 0 saturated carbocycles. The molecule has 1 fully saturated rings. The van der Waals surface area contributed by atoms with Gasteiger partial charge >= 0.3 is 0 Å². The monoisotopic (exact) mass is 478 g/mol. The fourth-order valence-electron chi connectivity index (χ4n) is 2.81. The van der Waals surface area contributed by atoms with Gasteiger partial charge in [0.05, 0.1) is 19.1 Å². The summed E-state index contributed by atoms with van der Waals surface area (Å²) in [5.41, 5.74) is 1.22. The highest BCUT2D eigenvalue weighted by molar-refractivity contribution is 8.26. The lowest BCUT2D eigenvalue weighted by atomic mass is 10.1. The number of benzene rings is 2. The first-order valence-corrected chi connectivity index (χ1v) is 10.7. The van der Waals surface area contributed by atoms with E-state index in [1.807, 2.05) is 0 Å². The Morgan fingerprint density at radius 3 is 2.42 bits per heavy atom. The van der Waals surface area contributed by atoms with Crippen molar-refractivity contribution in [3.63, 3.8) is 0 Å². The van der Waals surface area contributed by atoms with Crippen molar-refractivity contribution in [1.29, 1.82) is 0 Å². The average molecular weight is 479 g/mol. The highest BCUT2D eigenvalue weighted by atomic mass is 35.5. The molecule has 0 spiro atoms. The Morgan fingerprint density at radius 1 is 1.23 bits per heavy atom. The van der Waals surface area contributed by atoms with Gasteiger partial charge in [0.25, 0.3) is 5.91 Å². The van der Waals surface area contributed by atoms with E-state index in [1.54, 1.807) is 42.5 Å². The minimum Gasteiger partial charge on any atom is -0.502 e. The van der Waals surface area contributed by atoms with E-state index in [0.29, 0.717) is 25.5 Å². The van der Waals surface area contributed by atoms with Gasteiger partial charge in [-0.25, -0.2) is 0 Å². The fourth-order valence-corrected chi connectivity index (χ4v) is 4.25. The Bertz CT molecular complexity index is 1030. The third-order valence-electron chi connectivity index (χ3n) is 4.36. The van der Waals surface area contributed by atoms with E-state index in [2.05, 4.69) is 5.32 Å². The third-order valence-corrected chi connectivity index (χ3v) is 5.99. The second-order valence-corrected chi connectivity index (χ2v) is 8.52. The maximum Gasteiger partial charge on any atom is 0.266 e. The third kappa shape index (κ3) is 5.49. The molecule has 162 valence electrons. The van der Waals surface area contributed by atoms with Crippen molar-refractivity contribution < 1.29 is 24.2 Å². The second kappa shape index (κ2) is 10.0. The molecule has 1 aliphatic rings. The number of amides is 2. The van der Waals surface area contributed by atoms with E-state index in [9.17, 15) is 14.7 Å². The number of methoxy groups -OCH3 is 2. The van der Waals surface area contributed by atoms with Gasteiger partial charge in [0.15, 0.2) is 11.5 Å². The largest absolute Gasteiger partial charge is 0.502 e. The van der Waals surface area contributed by atoms with Crippen LogP contribution in [0.1, 0.15) is 12.0 Å². The summed E-state index contributed by atoms with van der Waals surface area (Å²) in [6.45, 7) is 0.156. The molecule has 1 heterocycles. The van der Waals surface area contributed by atoms with Crippen molar-refractivity contribution in [2.45, 2.75) is 6.42 Å². The Kier molecular flexibility index (Phi) is 7.42. The molecule has 3 rings (SSSR count). The molecule has 31 heavy (non-hydrogen) atoms. The normalized spacial score (nSPS) is 14.8. The number of aromatic hydroxyl groups is 1. The van der Waals surface area contributed by atoms with Gasteiger partial charge in [-0.2, -0.15) is 0 Å². The van der Waals surface area contributed by atoms with Crippen molar-refractivity contribution in [3.8, 4) is 17.2 Å².